The molecular formula is C17H18Cl2N2. The highest BCUT2D eigenvalue weighted by Crippen LogP contribution is 2.35. The topological polar surface area (TPSA) is 38.0 Å². The van der Waals surface area contributed by atoms with E-state index in [9.17, 15) is 0 Å². The molecule has 1 aliphatic carbocycles. The number of hydrazine groups is 1. The minimum Gasteiger partial charge on any atom is -0.271 e. The van der Waals surface area contributed by atoms with Crippen LogP contribution in [0, 0.1) is 5.92 Å². The zero-order valence-corrected chi connectivity index (χ0v) is 13.2. The van der Waals surface area contributed by atoms with Crippen LogP contribution in [0.3, 0.4) is 0 Å². The molecule has 2 atom stereocenters. The maximum atomic E-state index is 6.13. The molecule has 0 heterocycles. The second-order valence-corrected chi connectivity index (χ2v) is 6.40. The summed E-state index contributed by atoms with van der Waals surface area (Å²) in [5, 5.41) is 1.15. The molecule has 2 aromatic rings. The third kappa shape index (κ3) is 3.09. The molecule has 21 heavy (non-hydrogen) atoms. The van der Waals surface area contributed by atoms with Gasteiger partial charge in [0, 0.05) is 6.04 Å². The van der Waals surface area contributed by atoms with E-state index in [-0.39, 0.29) is 6.04 Å². The molecule has 110 valence electrons. The molecule has 0 fully saturated rings. The Hall–Kier alpha value is -1.06. The number of halogens is 2. The molecule has 1 aliphatic rings. The number of nitrogens with one attached hydrogen (secondary N) is 1. The van der Waals surface area contributed by atoms with E-state index in [0.29, 0.717) is 16.0 Å². The number of benzene rings is 2. The largest absolute Gasteiger partial charge is 0.271 e. The van der Waals surface area contributed by atoms with Crippen LogP contribution in [-0.4, -0.2) is 0 Å². The predicted octanol–water partition coefficient (Wildman–Crippen LogP) is 4.30. The molecule has 0 amide bonds. The summed E-state index contributed by atoms with van der Waals surface area (Å²) in [7, 11) is 0. The van der Waals surface area contributed by atoms with E-state index >= 15 is 0 Å². The fraction of sp³-hybridized carbons (Fsp3) is 0.294. The lowest BCUT2D eigenvalue weighted by Crippen LogP contribution is -2.36. The molecular weight excluding hydrogens is 303 g/mol. The molecule has 2 aromatic carbocycles. The van der Waals surface area contributed by atoms with Gasteiger partial charge in [-0.3, -0.25) is 11.3 Å². The molecule has 3 N–H and O–H groups in total. The third-order valence-electron chi connectivity index (χ3n) is 4.34. The Morgan fingerprint density at radius 1 is 1.05 bits per heavy atom. The van der Waals surface area contributed by atoms with Crippen molar-refractivity contribution < 1.29 is 0 Å². The van der Waals surface area contributed by atoms with E-state index in [4.69, 9.17) is 29.0 Å². The standard InChI is InChI=1S/C17H18Cl2N2/c18-15-8-7-14(10-16(15)19)17(21-20)13-6-5-11-3-1-2-4-12(11)9-13/h1-4,7-8,10,13,17,21H,5-6,9,20H2. The van der Waals surface area contributed by atoms with Crippen molar-refractivity contribution in [3.63, 3.8) is 0 Å². The normalized spacial score (nSPS) is 19.1. The van der Waals surface area contributed by atoms with E-state index in [1.54, 1.807) is 0 Å². The van der Waals surface area contributed by atoms with E-state index in [1.165, 1.54) is 11.1 Å². The van der Waals surface area contributed by atoms with Gasteiger partial charge in [-0.25, -0.2) is 0 Å². The van der Waals surface area contributed by atoms with Crippen molar-refractivity contribution >= 4 is 23.2 Å². The first-order chi connectivity index (χ1) is 10.2. The lowest BCUT2D eigenvalue weighted by atomic mass is 9.78. The Morgan fingerprint density at radius 2 is 1.81 bits per heavy atom. The number of fused-ring (bicyclic) bond motifs is 1. The molecule has 0 spiro atoms. The Bertz CT molecular complexity index is 642. The van der Waals surface area contributed by atoms with Crippen molar-refractivity contribution in [1.82, 2.24) is 5.43 Å². The van der Waals surface area contributed by atoms with E-state index < -0.39 is 0 Å². The smallest absolute Gasteiger partial charge is 0.0595 e. The Labute approximate surface area is 135 Å². The van der Waals surface area contributed by atoms with Crippen LogP contribution in [0.2, 0.25) is 10.0 Å². The molecule has 0 aliphatic heterocycles. The molecule has 0 saturated carbocycles. The number of rotatable bonds is 3. The first-order valence-electron chi connectivity index (χ1n) is 7.17. The van der Waals surface area contributed by atoms with Gasteiger partial charge in [0.2, 0.25) is 0 Å². The fourth-order valence-electron chi connectivity index (χ4n) is 3.22. The van der Waals surface area contributed by atoms with Gasteiger partial charge < -0.3 is 0 Å². The summed E-state index contributed by atoms with van der Waals surface area (Å²) in [6.45, 7) is 0. The molecule has 2 unspecified atom stereocenters. The summed E-state index contributed by atoms with van der Waals surface area (Å²) in [5.74, 6) is 6.28. The van der Waals surface area contributed by atoms with Crippen LogP contribution in [0.15, 0.2) is 42.5 Å². The van der Waals surface area contributed by atoms with Gasteiger partial charge in [0.25, 0.3) is 0 Å². The average Bonchev–Trinajstić information content (AvgIpc) is 2.51. The van der Waals surface area contributed by atoms with Crippen LogP contribution < -0.4 is 11.3 Å². The minimum absolute atomic E-state index is 0.0909. The molecule has 0 aromatic heterocycles. The zero-order chi connectivity index (χ0) is 14.8. The molecule has 4 heteroatoms. The van der Waals surface area contributed by atoms with Crippen molar-refractivity contribution in [2.24, 2.45) is 11.8 Å². The van der Waals surface area contributed by atoms with Gasteiger partial charge in [0.05, 0.1) is 10.0 Å². The van der Waals surface area contributed by atoms with Crippen molar-refractivity contribution in [3.8, 4) is 0 Å². The average molecular weight is 321 g/mol. The van der Waals surface area contributed by atoms with Crippen molar-refractivity contribution in [2.75, 3.05) is 0 Å². The highest BCUT2D eigenvalue weighted by atomic mass is 35.5. The predicted molar refractivity (Wildman–Crippen MR) is 88.5 cm³/mol. The van der Waals surface area contributed by atoms with Crippen LogP contribution in [0.5, 0.6) is 0 Å². The maximum Gasteiger partial charge on any atom is 0.0595 e. The SMILES string of the molecule is NNC(c1ccc(Cl)c(Cl)c1)C1CCc2ccccc2C1. The summed E-state index contributed by atoms with van der Waals surface area (Å²) in [5.41, 5.74) is 6.94. The first-order valence-corrected chi connectivity index (χ1v) is 7.92. The maximum absolute atomic E-state index is 6.13. The Kier molecular flexibility index (Phi) is 4.51. The second kappa shape index (κ2) is 6.37. The van der Waals surface area contributed by atoms with Crippen LogP contribution >= 0.6 is 23.2 Å². The van der Waals surface area contributed by atoms with Gasteiger partial charge >= 0.3 is 0 Å². The van der Waals surface area contributed by atoms with E-state index in [2.05, 4.69) is 29.7 Å². The molecule has 2 nitrogen and oxygen atoms in total. The molecule has 0 radical (unpaired) electrons. The van der Waals surface area contributed by atoms with Crippen LogP contribution in [-0.2, 0) is 12.8 Å². The summed E-state index contributed by atoms with van der Waals surface area (Å²) >= 11 is 12.1. The van der Waals surface area contributed by atoms with Gasteiger partial charge in [-0.15, -0.1) is 0 Å². The first kappa shape index (κ1) is 14.9. The van der Waals surface area contributed by atoms with E-state index in [1.807, 2.05) is 18.2 Å². The highest BCUT2D eigenvalue weighted by molar-refractivity contribution is 6.42. The van der Waals surface area contributed by atoms with Crippen LogP contribution in [0.1, 0.15) is 29.2 Å². The summed E-state index contributed by atoms with van der Waals surface area (Å²) < 4.78 is 0. The zero-order valence-electron chi connectivity index (χ0n) is 11.7. The monoisotopic (exact) mass is 320 g/mol. The summed E-state index contributed by atoms with van der Waals surface area (Å²) in [4.78, 5) is 0. The molecule has 3 rings (SSSR count). The van der Waals surface area contributed by atoms with Gasteiger partial charge in [0.15, 0.2) is 0 Å². The Morgan fingerprint density at radius 3 is 2.52 bits per heavy atom. The van der Waals surface area contributed by atoms with Gasteiger partial charge in [-0.05, 0) is 54.0 Å². The van der Waals surface area contributed by atoms with Crippen molar-refractivity contribution in [2.45, 2.75) is 25.3 Å². The van der Waals surface area contributed by atoms with Crippen LogP contribution in [0.4, 0.5) is 0 Å². The second-order valence-electron chi connectivity index (χ2n) is 5.59. The lowest BCUT2D eigenvalue weighted by Gasteiger charge is -2.31. The number of aryl methyl sites for hydroxylation is 1. The minimum atomic E-state index is 0.0909. The summed E-state index contributed by atoms with van der Waals surface area (Å²) in [6, 6.07) is 14.5. The number of hydrogen-bond donors (Lipinski definition) is 2. The van der Waals surface area contributed by atoms with Gasteiger partial charge in [0.1, 0.15) is 0 Å². The van der Waals surface area contributed by atoms with Crippen LogP contribution in [0.25, 0.3) is 0 Å². The van der Waals surface area contributed by atoms with E-state index in [0.717, 1.165) is 24.8 Å². The highest BCUT2D eigenvalue weighted by Gasteiger charge is 2.27. The summed E-state index contributed by atoms with van der Waals surface area (Å²) in [6.07, 6.45) is 3.25. The molecule has 0 bridgehead atoms. The quantitative estimate of drug-likeness (QED) is 0.653. The molecule has 0 saturated heterocycles. The third-order valence-corrected chi connectivity index (χ3v) is 5.08. The lowest BCUT2D eigenvalue weighted by molar-refractivity contribution is 0.329. The van der Waals surface area contributed by atoms with Gasteiger partial charge in [-0.1, -0.05) is 53.5 Å². The Balaban J connectivity index is 1.86. The number of nitrogens with two attached hydrogens (primary N) is 1. The fourth-order valence-corrected chi connectivity index (χ4v) is 3.53. The van der Waals surface area contributed by atoms with Crippen molar-refractivity contribution in [3.05, 3.63) is 69.2 Å². The number of hydrogen-bond acceptors (Lipinski definition) is 2. The van der Waals surface area contributed by atoms with Gasteiger partial charge in [-0.2, -0.15) is 0 Å². The van der Waals surface area contributed by atoms with Crippen molar-refractivity contribution in [1.29, 1.82) is 0 Å².